The maximum Gasteiger partial charge on any atom is 0.416 e. The molecular formula is C28H29F7N4O4. The van der Waals surface area contributed by atoms with Crippen LogP contribution < -0.4 is 10.2 Å². The number of hydrogen-bond donors (Lipinski definition) is 1. The van der Waals surface area contributed by atoms with Crippen molar-refractivity contribution >= 4 is 23.7 Å². The van der Waals surface area contributed by atoms with Gasteiger partial charge in [-0.3, -0.25) is 9.69 Å². The van der Waals surface area contributed by atoms with Gasteiger partial charge in [0.05, 0.1) is 24.3 Å². The molecule has 1 aliphatic heterocycles. The summed E-state index contributed by atoms with van der Waals surface area (Å²) < 4.78 is 98.8. The van der Waals surface area contributed by atoms with Gasteiger partial charge in [-0.1, -0.05) is 12.1 Å². The van der Waals surface area contributed by atoms with Gasteiger partial charge in [-0.25, -0.2) is 14.0 Å². The molecule has 2 aromatic carbocycles. The minimum Gasteiger partial charge on any atom is -0.453 e. The molecule has 4 amide bonds. The molecule has 2 fully saturated rings. The number of nitrogens with zero attached hydrogens (tertiary/aromatic N) is 3. The second kappa shape index (κ2) is 11.9. The molecule has 4 rings (SSSR count). The Bertz CT molecular complexity index is 1330. The summed E-state index contributed by atoms with van der Waals surface area (Å²) in [5.41, 5.74) is -3.17. The third kappa shape index (κ3) is 6.96. The van der Waals surface area contributed by atoms with E-state index in [1.807, 2.05) is 0 Å². The van der Waals surface area contributed by atoms with Crippen LogP contribution in [0.2, 0.25) is 0 Å². The lowest BCUT2D eigenvalue weighted by Crippen LogP contribution is -2.51. The zero-order valence-corrected chi connectivity index (χ0v) is 23.3. The summed E-state index contributed by atoms with van der Waals surface area (Å²) in [7, 11) is 3.61. The molecule has 1 aliphatic carbocycles. The smallest absolute Gasteiger partial charge is 0.416 e. The predicted octanol–water partition coefficient (Wildman–Crippen LogP) is 5.48. The molecule has 8 nitrogen and oxygen atoms in total. The molecule has 0 unspecified atom stereocenters. The van der Waals surface area contributed by atoms with Crippen LogP contribution in [0.3, 0.4) is 0 Å². The Morgan fingerprint density at radius 3 is 1.98 bits per heavy atom. The van der Waals surface area contributed by atoms with Crippen LogP contribution in [-0.4, -0.2) is 74.2 Å². The zero-order chi connectivity index (χ0) is 31.9. The summed E-state index contributed by atoms with van der Waals surface area (Å²) >= 11 is 0. The van der Waals surface area contributed by atoms with Crippen molar-refractivity contribution in [2.24, 2.45) is 5.92 Å². The number of likely N-dealkylation sites (N-methyl/N-ethyl adjacent to an activating group) is 1. The van der Waals surface area contributed by atoms with Gasteiger partial charge in [0.15, 0.2) is 0 Å². The van der Waals surface area contributed by atoms with Crippen LogP contribution in [0.1, 0.15) is 35.4 Å². The molecule has 1 saturated carbocycles. The third-order valence-electron chi connectivity index (χ3n) is 7.94. The molecule has 0 radical (unpaired) electrons. The molecule has 1 heterocycles. The van der Waals surface area contributed by atoms with Gasteiger partial charge < -0.3 is 19.9 Å². The maximum atomic E-state index is 13.7. The number of nitrogens with one attached hydrogen (secondary N) is 1. The van der Waals surface area contributed by atoms with Gasteiger partial charge >= 0.3 is 24.5 Å². The molecule has 1 saturated heterocycles. The molecule has 234 valence electrons. The van der Waals surface area contributed by atoms with Crippen molar-refractivity contribution < 1.29 is 49.9 Å². The van der Waals surface area contributed by atoms with Crippen LogP contribution in [0.5, 0.6) is 0 Å². The van der Waals surface area contributed by atoms with Gasteiger partial charge in [0.1, 0.15) is 5.82 Å². The van der Waals surface area contributed by atoms with Crippen molar-refractivity contribution in [1.29, 1.82) is 0 Å². The van der Waals surface area contributed by atoms with E-state index < -0.39 is 65.0 Å². The Labute approximate surface area is 242 Å². The summed E-state index contributed by atoms with van der Waals surface area (Å²) in [5.74, 6) is -1.70. The summed E-state index contributed by atoms with van der Waals surface area (Å²) in [6.45, 7) is 0.142. The van der Waals surface area contributed by atoms with Crippen molar-refractivity contribution in [2.75, 3.05) is 39.2 Å². The summed E-state index contributed by atoms with van der Waals surface area (Å²) in [4.78, 5) is 41.6. The Morgan fingerprint density at radius 1 is 0.907 bits per heavy atom. The van der Waals surface area contributed by atoms with E-state index in [0.29, 0.717) is 35.4 Å². The van der Waals surface area contributed by atoms with E-state index >= 15 is 0 Å². The molecule has 15 heteroatoms. The highest BCUT2D eigenvalue weighted by atomic mass is 19.4. The first-order valence-electron chi connectivity index (χ1n) is 13.2. The number of hydrogen-bond acceptors (Lipinski definition) is 4. The van der Waals surface area contributed by atoms with Gasteiger partial charge in [-0.2, -0.15) is 26.3 Å². The Morgan fingerprint density at radius 2 is 1.47 bits per heavy atom. The largest absolute Gasteiger partial charge is 0.453 e. The molecule has 0 aromatic heterocycles. The first-order valence-corrected chi connectivity index (χ1v) is 13.2. The van der Waals surface area contributed by atoms with Gasteiger partial charge in [0, 0.05) is 50.7 Å². The standard InChI is InChI=1S/C28H29F7N4O4/c1-37(21-11-17(27(30,31)32)10-18(12-21)28(33,34)35)26(42)38(2)23-14-39(13-22(23)15-4-6-19(29)7-5-15)24(40)16-8-20(9-16)36-25(41)43-3/h4-7,10-12,16,20,22-23H,8-9,13-14H2,1-3H3,(H,36,41)/t16?,20?,22-,23+/m0/s1. The van der Waals surface area contributed by atoms with E-state index in [2.05, 4.69) is 10.1 Å². The Balaban J connectivity index is 1.58. The summed E-state index contributed by atoms with van der Waals surface area (Å²) in [6, 6.07) is 4.38. The molecule has 2 aromatic rings. The molecule has 2 aliphatic rings. The van der Waals surface area contributed by atoms with Crippen molar-refractivity contribution in [1.82, 2.24) is 15.1 Å². The minimum absolute atomic E-state index is 0.0128. The molecular weight excluding hydrogens is 589 g/mol. The lowest BCUT2D eigenvalue weighted by atomic mass is 9.79. The Kier molecular flexibility index (Phi) is 8.84. The molecule has 43 heavy (non-hydrogen) atoms. The van der Waals surface area contributed by atoms with Gasteiger partial charge in [0.25, 0.3) is 0 Å². The number of anilines is 1. The second-order valence-corrected chi connectivity index (χ2v) is 10.7. The van der Waals surface area contributed by atoms with Gasteiger partial charge in [-0.05, 0) is 48.7 Å². The van der Waals surface area contributed by atoms with Crippen molar-refractivity contribution in [3.8, 4) is 0 Å². The fraction of sp³-hybridized carbons (Fsp3) is 0.464. The van der Waals surface area contributed by atoms with E-state index in [1.165, 1.54) is 43.3 Å². The number of methoxy groups -OCH3 is 1. The lowest BCUT2D eigenvalue weighted by Gasteiger charge is -2.36. The number of rotatable bonds is 5. The van der Waals surface area contributed by atoms with Crippen LogP contribution in [-0.2, 0) is 21.9 Å². The number of urea groups is 1. The molecule has 0 bridgehead atoms. The Hall–Kier alpha value is -4.04. The van der Waals surface area contributed by atoms with E-state index in [4.69, 9.17) is 0 Å². The van der Waals surface area contributed by atoms with Gasteiger partial charge in [0.2, 0.25) is 5.91 Å². The third-order valence-corrected chi connectivity index (χ3v) is 7.94. The minimum atomic E-state index is -5.10. The molecule has 1 N–H and O–H groups in total. The number of likely N-dealkylation sites (tertiary alicyclic amines) is 1. The fourth-order valence-electron chi connectivity index (χ4n) is 5.44. The van der Waals surface area contributed by atoms with E-state index in [9.17, 15) is 45.1 Å². The van der Waals surface area contributed by atoms with Crippen LogP contribution in [0.15, 0.2) is 42.5 Å². The van der Waals surface area contributed by atoms with E-state index in [0.717, 1.165) is 11.9 Å². The van der Waals surface area contributed by atoms with Crippen molar-refractivity contribution in [3.63, 3.8) is 0 Å². The summed E-state index contributed by atoms with van der Waals surface area (Å²) in [5, 5.41) is 2.61. The predicted molar refractivity (Wildman–Crippen MR) is 140 cm³/mol. The topological polar surface area (TPSA) is 82.2 Å². The fourth-order valence-corrected chi connectivity index (χ4v) is 5.44. The lowest BCUT2D eigenvalue weighted by molar-refractivity contribution is -0.143. The van der Waals surface area contributed by atoms with Crippen LogP contribution in [0, 0.1) is 11.7 Å². The number of alkyl carbamates (subject to hydrolysis) is 1. The normalized spacial score (nSPS) is 22.0. The first kappa shape index (κ1) is 31.9. The van der Waals surface area contributed by atoms with Crippen LogP contribution in [0.4, 0.5) is 46.0 Å². The monoisotopic (exact) mass is 618 g/mol. The number of benzene rings is 2. The number of amides is 4. The second-order valence-electron chi connectivity index (χ2n) is 10.7. The van der Waals surface area contributed by atoms with Crippen molar-refractivity contribution in [2.45, 2.75) is 43.2 Å². The average Bonchev–Trinajstić information content (AvgIpc) is 3.37. The first-order chi connectivity index (χ1) is 20.0. The quantitative estimate of drug-likeness (QED) is 0.450. The number of halogens is 7. The number of alkyl halides is 6. The molecule has 0 spiro atoms. The van der Waals surface area contributed by atoms with E-state index in [1.54, 1.807) is 0 Å². The van der Waals surface area contributed by atoms with Crippen molar-refractivity contribution in [3.05, 3.63) is 65.0 Å². The van der Waals surface area contributed by atoms with Gasteiger partial charge in [-0.15, -0.1) is 0 Å². The highest BCUT2D eigenvalue weighted by Crippen LogP contribution is 2.39. The van der Waals surface area contributed by atoms with Crippen LogP contribution >= 0.6 is 0 Å². The summed E-state index contributed by atoms with van der Waals surface area (Å²) in [6.07, 6.45) is -10.1. The maximum absolute atomic E-state index is 13.7. The zero-order valence-electron chi connectivity index (χ0n) is 23.3. The number of carbonyl (C=O) groups is 3. The number of carbonyl (C=O) groups excluding carboxylic acids is 3. The molecule has 2 atom stereocenters. The average molecular weight is 619 g/mol. The number of ether oxygens (including phenoxy) is 1. The van der Waals surface area contributed by atoms with Crippen LogP contribution in [0.25, 0.3) is 0 Å². The highest BCUT2D eigenvalue weighted by Gasteiger charge is 2.45. The highest BCUT2D eigenvalue weighted by molar-refractivity contribution is 5.92. The SMILES string of the molecule is COC(=O)NC1CC(C(=O)N2C[C@@H](N(C)C(=O)N(C)c3cc(C(F)(F)F)cc(C(F)(F)F)c3)[C@H](c3ccc(F)cc3)C2)C1. The van der Waals surface area contributed by atoms with E-state index in [-0.39, 0.29) is 31.1 Å².